The van der Waals surface area contributed by atoms with Gasteiger partial charge < -0.3 is 24.3 Å². The summed E-state index contributed by atoms with van der Waals surface area (Å²) in [6.07, 6.45) is -0.657. The van der Waals surface area contributed by atoms with Crippen molar-refractivity contribution in [1.82, 2.24) is 5.32 Å². The zero-order valence-corrected chi connectivity index (χ0v) is 16.3. The minimum atomic E-state index is -0.657. The first-order chi connectivity index (χ1) is 13.1. The lowest BCUT2D eigenvalue weighted by Crippen LogP contribution is -2.36. The fourth-order valence-electron chi connectivity index (χ4n) is 2.50. The van der Waals surface area contributed by atoms with Crippen LogP contribution in [-0.4, -0.2) is 32.3 Å². The highest BCUT2D eigenvalue weighted by molar-refractivity contribution is 5.80. The van der Waals surface area contributed by atoms with Crippen LogP contribution in [0.4, 0.5) is 0 Å². The minimum Gasteiger partial charge on any atom is -0.493 e. The normalized spacial score (nSPS) is 11.4. The summed E-state index contributed by atoms with van der Waals surface area (Å²) < 4.78 is 22.1. The average Bonchev–Trinajstić information content (AvgIpc) is 2.68. The number of carbonyl (C=O) groups is 1. The number of hydrogen-bond donors (Lipinski definition) is 1. The van der Waals surface area contributed by atoms with Crippen molar-refractivity contribution in [3.8, 4) is 23.0 Å². The summed E-state index contributed by atoms with van der Waals surface area (Å²) in [6, 6.07) is 12.9. The maximum absolute atomic E-state index is 12.4. The number of carbonyl (C=O) groups excluding carboxylic acids is 1. The number of para-hydroxylation sites is 2. The van der Waals surface area contributed by atoms with E-state index < -0.39 is 6.10 Å². The molecule has 1 N–H and O–H groups in total. The summed E-state index contributed by atoms with van der Waals surface area (Å²) in [5.41, 5.74) is 0.916. The molecule has 0 aliphatic carbocycles. The molecular weight excluding hydrogens is 346 g/mol. The summed E-state index contributed by atoms with van der Waals surface area (Å²) in [4.78, 5) is 12.4. The van der Waals surface area contributed by atoms with Gasteiger partial charge in [0.15, 0.2) is 29.1 Å². The van der Waals surface area contributed by atoms with Gasteiger partial charge in [-0.15, -0.1) is 0 Å². The third kappa shape index (κ3) is 5.81. The third-order valence-electron chi connectivity index (χ3n) is 3.82. The Labute approximate surface area is 160 Å². The van der Waals surface area contributed by atoms with Gasteiger partial charge in [0.1, 0.15) is 0 Å². The molecule has 0 saturated heterocycles. The van der Waals surface area contributed by atoms with Crippen molar-refractivity contribution in [2.45, 2.75) is 33.4 Å². The molecule has 0 spiro atoms. The van der Waals surface area contributed by atoms with Gasteiger partial charge >= 0.3 is 0 Å². The molecule has 1 amide bonds. The van der Waals surface area contributed by atoms with E-state index in [4.69, 9.17) is 18.9 Å². The van der Waals surface area contributed by atoms with E-state index in [2.05, 4.69) is 5.32 Å². The van der Waals surface area contributed by atoms with E-state index in [0.29, 0.717) is 42.8 Å². The third-order valence-corrected chi connectivity index (χ3v) is 3.82. The van der Waals surface area contributed by atoms with E-state index in [1.54, 1.807) is 26.2 Å². The second-order valence-electron chi connectivity index (χ2n) is 5.78. The summed E-state index contributed by atoms with van der Waals surface area (Å²) in [5, 5.41) is 2.88. The summed E-state index contributed by atoms with van der Waals surface area (Å²) >= 11 is 0. The molecule has 2 aromatic carbocycles. The van der Waals surface area contributed by atoms with Crippen molar-refractivity contribution >= 4 is 5.91 Å². The van der Waals surface area contributed by atoms with Crippen molar-refractivity contribution < 1.29 is 23.7 Å². The molecule has 146 valence electrons. The second kappa shape index (κ2) is 10.3. The Morgan fingerprint density at radius 2 is 1.63 bits per heavy atom. The Morgan fingerprint density at radius 3 is 2.30 bits per heavy atom. The number of rotatable bonds is 10. The molecule has 0 unspecified atom stereocenters. The van der Waals surface area contributed by atoms with E-state index in [0.717, 1.165) is 5.56 Å². The highest BCUT2D eigenvalue weighted by Crippen LogP contribution is 2.29. The Bertz CT molecular complexity index is 747. The zero-order valence-electron chi connectivity index (χ0n) is 16.3. The van der Waals surface area contributed by atoms with Crippen molar-refractivity contribution in [2.24, 2.45) is 0 Å². The van der Waals surface area contributed by atoms with Gasteiger partial charge in [0.25, 0.3) is 5.91 Å². The van der Waals surface area contributed by atoms with Crippen molar-refractivity contribution in [3.05, 3.63) is 48.0 Å². The molecule has 0 radical (unpaired) electrons. The molecule has 0 aromatic heterocycles. The number of benzene rings is 2. The van der Waals surface area contributed by atoms with Crippen molar-refractivity contribution in [1.29, 1.82) is 0 Å². The van der Waals surface area contributed by atoms with Gasteiger partial charge in [-0.2, -0.15) is 0 Å². The largest absolute Gasteiger partial charge is 0.493 e. The smallest absolute Gasteiger partial charge is 0.261 e. The van der Waals surface area contributed by atoms with Gasteiger partial charge in [0.2, 0.25) is 0 Å². The molecule has 6 heteroatoms. The SMILES string of the molecule is CCOc1ccc(CNC(=O)[C@H](C)Oc2ccccc2OC)cc1OCC. The van der Waals surface area contributed by atoms with E-state index in [1.807, 2.05) is 44.2 Å². The number of nitrogens with one attached hydrogen (secondary N) is 1. The molecule has 0 aliphatic heterocycles. The number of hydrogen-bond acceptors (Lipinski definition) is 5. The minimum absolute atomic E-state index is 0.215. The zero-order chi connectivity index (χ0) is 19.6. The average molecular weight is 373 g/mol. The predicted octanol–water partition coefficient (Wildman–Crippen LogP) is 3.58. The van der Waals surface area contributed by atoms with E-state index in [1.165, 1.54) is 0 Å². The predicted molar refractivity (Wildman–Crippen MR) is 104 cm³/mol. The van der Waals surface area contributed by atoms with Crippen LogP contribution in [0, 0.1) is 0 Å². The monoisotopic (exact) mass is 373 g/mol. The molecule has 2 aromatic rings. The van der Waals surface area contributed by atoms with Crippen LogP contribution in [0.3, 0.4) is 0 Å². The lowest BCUT2D eigenvalue weighted by molar-refractivity contribution is -0.127. The molecule has 0 bridgehead atoms. The molecule has 0 saturated carbocycles. The standard InChI is InChI=1S/C21H27NO5/c1-5-25-18-12-11-16(13-20(18)26-6-2)14-22-21(23)15(3)27-19-10-8-7-9-17(19)24-4/h7-13,15H,5-6,14H2,1-4H3,(H,22,23)/t15-/m0/s1. The maximum Gasteiger partial charge on any atom is 0.261 e. The van der Waals surface area contributed by atoms with Crippen LogP contribution in [0.25, 0.3) is 0 Å². The van der Waals surface area contributed by atoms with Gasteiger partial charge in [-0.05, 0) is 50.6 Å². The molecule has 2 rings (SSSR count). The van der Waals surface area contributed by atoms with Crippen LogP contribution < -0.4 is 24.3 Å². The summed E-state index contributed by atoms with van der Waals surface area (Å²) in [7, 11) is 1.56. The topological polar surface area (TPSA) is 66.0 Å². The van der Waals surface area contributed by atoms with E-state index in [9.17, 15) is 4.79 Å². The van der Waals surface area contributed by atoms with Crippen LogP contribution >= 0.6 is 0 Å². The van der Waals surface area contributed by atoms with Gasteiger partial charge in [-0.25, -0.2) is 0 Å². The Kier molecular flexibility index (Phi) is 7.79. The van der Waals surface area contributed by atoms with Crippen LogP contribution in [0.1, 0.15) is 26.3 Å². The summed E-state index contributed by atoms with van der Waals surface area (Å²) in [5.74, 6) is 2.27. The number of methoxy groups -OCH3 is 1. The van der Waals surface area contributed by atoms with Gasteiger partial charge in [0, 0.05) is 6.54 Å². The first-order valence-electron chi connectivity index (χ1n) is 9.04. The number of amides is 1. The van der Waals surface area contributed by atoms with E-state index in [-0.39, 0.29) is 5.91 Å². The molecule has 0 fully saturated rings. The maximum atomic E-state index is 12.4. The van der Waals surface area contributed by atoms with Gasteiger partial charge in [0.05, 0.1) is 20.3 Å². The van der Waals surface area contributed by atoms with Crippen LogP contribution in [-0.2, 0) is 11.3 Å². The first-order valence-corrected chi connectivity index (χ1v) is 9.04. The molecular formula is C21H27NO5. The Morgan fingerprint density at radius 1 is 0.963 bits per heavy atom. The molecule has 27 heavy (non-hydrogen) atoms. The molecule has 0 aliphatic rings. The fourth-order valence-corrected chi connectivity index (χ4v) is 2.50. The highest BCUT2D eigenvalue weighted by atomic mass is 16.5. The van der Waals surface area contributed by atoms with Gasteiger partial charge in [-0.1, -0.05) is 18.2 Å². The molecule has 6 nitrogen and oxygen atoms in total. The van der Waals surface area contributed by atoms with Crippen LogP contribution in [0.5, 0.6) is 23.0 Å². The lowest BCUT2D eigenvalue weighted by Gasteiger charge is -2.17. The van der Waals surface area contributed by atoms with E-state index >= 15 is 0 Å². The van der Waals surface area contributed by atoms with Crippen molar-refractivity contribution in [3.63, 3.8) is 0 Å². The quantitative estimate of drug-likeness (QED) is 0.690. The van der Waals surface area contributed by atoms with Crippen LogP contribution in [0.15, 0.2) is 42.5 Å². The Balaban J connectivity index is 1.97. The molecule has 0 heterocycles. The van der Waals surface area contributed by atoms with Gasteiger partial charge in [-0.3, -0.25) is 4.79 Å². The van der Waals surface area contributed by atoms with Crippen LogP contribution in [0.2, 0.25) is 0 Å². The Hall–Kier alpha value is -2.89. The first kappa shape index (κ1) is 20.4. The van der Waals surface area contributed by atoms with Crippen molar-refractivity contribution in [2.75, 3.05) is 20.3 Å². The highest BCUT2D eigenvalue weighted by Gasteiger charge is 2.16. The lowest BCUT2D eigenvalue weighted by atomic mass is 10.2. The number of ether oxygens (including phenoxy) is 4. The summed E-state index contributed by atoms with van der Waals surface area (Å²) in [6.45, 7) is 7.01. The second-order valence-corrected chi connectivity index (χ2v) is 5.78. The fraction of sp³-hybridized carbons (Fsp3) is 0.381. The molecule has 1 atom stereocenters.